The number of amides is 2. The minimum atomic E-state index is -0.174. The van der Waals surface area contributed by atoms with E-state index in [-0.39, 0.29) is 17.7 Å². The summed E-state index contributed by atoms with van der Waals surface area (Å²) < 4.78 is 0. The van der Waals surface area contributed by atoms with Crippen molar-refractivity contribution in [3.63, 3.8) is 0 Å². The van der Waals surface area contributed by atoms with Crippen LogP contribution in [0.5, 0.6) is 0 Å². The van der Waals surface area contributed by atoms with Crippen LogP contribution in [0.4, 0.5) is 17.1 Å². The SMILES string of the molecule is CCN1CCc2ccc(NC(=O)c3cccc(NC(=O)C4CC4C)c3)cc21. The van der Waals surface area contributed by atoms with Crippen LogP contribution in [0.15, 0.2) is 42.5 Å². The van der Waals surface area contributed by atoms with Crippen molar-refractivity contribution in [2.24, 2.45) is 11.8 Å². The van der Waals surface area contributed by atoms with Crippen LogP contribution in [0.1, 0.15) is 36.2 Å². The topological polar surface area (TPSA) is 61.4 Å². The Hall–Kier alpha value is -2.82. The fourth-order valence-electron chi connectivity index (χ4n) is 3.72. The summed E-state index contributed by atoms with van der Waals surface area (Å²) in [5.74, 6) is 0.430. The summed E-state index contributed by atoms with van der Waals surface area (Å²) in [7, 11) is 0. The average Bonchev–Trinajstić information content (AvgIpc) is 3.26. The number of likely N-dealkylation sites (N-methyl/N-ethyl adjacent to an activating group) is 1. The van der Waals surface area contributed by atoms with E-state index in [1.54, 1.807) is 18.2 Å². The molecule has 4 rings (SSSR count). The summed E-state index contributed by atoms with van der Waals surface area (Å²) in [5.41, 5.74) is 4.52. The van der Waals surface area contributed by atoms with Crippen molar-refractivity contribution >= 4 is 28.9 Å². The van der Waals surface area contributed by atoms with Gasteiger partial charge in [-0.25, -0.2) is 0 Å². The van der Waals surface area contributed by atoms with E-state index < -0.39 is 0 Å². The minimum Gasteiger partial charge on any atom is -0.371 e. The Balaban J connectivity index is 1.46. The van der Waals surface area contributed by atoms with E-state index in [4.69, 9.17) is 0 Å². The molecule has 2 atom stereocenters. The lowest BCUT2D eigenvalue weighted by molar-refractivity contribution is -0.117. The summed E-state index contributed by atoms with van der Waals surface area (Å²) in [6.45, 7) is 6.21. The molecule has 5 nitrogen and oxygen atoms in total. The lowest BCUT2D eigenvalue weighted by atomic mass is 10.1. The lowest BCUT2D eigenvalue weighted by Crippen LogP contribution is -2.19. The Bertz CT molecular complexity index is 893. The average molecular weight is 363 g/mol. The molecule has 2 unspecified atom stereocenters. The van der Waals surface area contributed by atoms with Gasteiger partial charge in [0.1, 0.15) is 0 Å². The van der Waals surface area contributed by atoms with Crippen LogP contribution >= 0.6 is 0 Å². The van der Waals surface area contributed by atoms with E-state index in [0.717, 1.165) is 31.6 Å². The number of carbonyl (C=O) groups is 2. The highest BCUT2D eigenvalue weighted by Crippen LogP contribution is 2.38. The first-order chi connectivity index (χ1) is 13.0. The van der Waals surface area contributed by atoms with Crippen LogP contribution in [0.25, 0.3) is 0 Å². The first-order valence-electron chi connectivity index (χ1n) is 9.65. The molecule has 5 heteroatoms. The number of carbonyl (C=O) groups excluding carboxylic acids is 2. The Morgan fingerprint density at radius 2 is 1.89 bits per heavy atom. The second kappa shape index (κ2) is 7.06. The predicted octanol–water partition coefficient (Wildman–Crippen LogP) is 3.92. The number of hydrogen-bond donors (Lipinski definition) is 2. The van der Waals surface area contributed by atoms with Crippen molar-refractivity contribution in [2.75, 3.05) is 28.6 Å². The Labute approximate surface area is 159 Å². The molecule has 0 aromatic heterocycles. The molecule has 1 heterocycles. The van der Waals surface area contributed by atoms with Gasteiger partial charge in [-0.3, -0.25) is 9.59 Å². The molecular weight excluding hydrogens is 338 g/mol. The van der Waals surface area contributed by atoms with Gasteiger partial charge in [0.15, 0.2) is 0 Å². The maximum Gasteiger partial charge on any atom is 0.255 e. The van der Waals surface area contributed by atoms with Crippen molar-refractivity contribution in [3.05, 3.63) is 53.6 Å². The number of benzene rings is 2. The van der Waals surface area contributed by atoms with E-state index >= 15 is 0 Å². The van der Waals surface area contributed by atoms with Gasteiger partial charge in [-0.2, -0.15) is 0 Å². The molecule has 1 aliphatic carbocycles. The van der Waals surface area contributed by atoms with Crippen LogP contribution in [-0.2, 0) is 11.2 Å². The van der Waals surface area contributed by atoms with Crippen molar-refractivity contribution in [1.82, 2.24) is 0 Å². The fraction of sp³-hybridized carbons (Fsp3) is 0.364. The molecule has 0 spiro atoms. The van der Waals surface area contributed by atoms with E-state index in [2.05, 4.69) is 35.4 Å². The Kier molecular flexibility index (Phi) is 4.60. The van der Waals surface area contributed by atoms with Gasteiger partial charge < -0.3 is 15.5 Å². The first-order valence-corrected chi connectivity index (χ1v) is 9.65. The molecule has 0 saturated heterocycles. The summed E-state index contributed by atoms with van der Waals surface area (Å²) in [6, 6.07) is 13.2. The molecule has 140 valence electrons. The molecule has 2 amide bonds. The van der Waals surface area contributed by atoms with Gasteiger partial charge >= 0.3 is 0 Å². The van der Waals surface area contributed by atoms with Gasteiger partial charge in [-0.1, -0.05) is 19.1 Å². The second-order valence-corrected chi connectivity index (χ2v) is 7.52. The van der Waals surface area contributed by atoms with Crippen LogP contribution in [0, 0.1) is 11.8 Å². The summed E-state index contributed by atoms with van der Waals surface area (Å²) in [4.78, 5) is 27.1. The number of anilines is 3. The molecule has 2 aromatic rings. The van der Waals surface area contributed by atoms with Gasteiger partial charge in [-0.15, -0.1) is 0 Å². The zero-order valence-corrected chi connectivity index (χ0v) is 15.8. The third kappa shape index (κ3) is 3.68. The molecule has 2 N–H and O–H groups in total. The van der Waals surface area contributed by atoms with Gasteiger partial charge in [0.05, 0.1) is 0 Å². The highest BCUT2D eigenvalue weighted by Gasteiger charge is 2.39. The maximum atomic E-state index is 12.7. The standard InChI is InChI=1S/C22H25N3O2/c1-3-25-10-9-15-7-8-18(13-20(15)25)23-21(26)16-5-4-6-17(12-16)24-22(27)19-11-14(19)2/h4-8,12-14,19H,3,9-11H2,1-2H3,(H,23,26)(H,24,27). The van der Waals surface area contributed by atoms with Gasteiger partial charge in [0.25, 0.3) is 5.91 Å². The lowest BCUT2D eigenvalue weighted by Gasteiger charge is -2.17. The second-order valence-electron chi connectivity index (χ2n) is 7.52. The number of nitrogens with zero attached hydrogens (tertiary/aromatic N) is 1. The van der Waals surface area contributed by atoms with E-state index in [0.29, 0.717) is 17.2 Å². The Morgan fingerprint density at radius 1 is 1.11 bits per heavy atom. The van der Waals surface area contributed by atoms with Crippen molar-refractivity contribution in [2.45, 2.75) is 26.7 Å². The zero-order valence-electron chi connectivity index (χ0n) is 15.8. The number of rotatable bonds is 5. The molecule has 0 bridgehead atoms. The molecular formula is C22H25N3O2. The van der Waals surface area contributed by atoms with Crippen molar-refractivity contribution < 1.29 is 9.59 Å². The van der Waals surface area contributed by atoms with Crippen LogP contribution in [0.2, 0.25) is 0 Å². The molecule has 2 aromatic carbocycles. The Morgan fingerprint density at radius 3 is 2.63 bits per heavy atom. The highest BCUT2D eigenvalue weighted by molar-refractivity contribution is 6.05. The summed E-state index contributed by atoms with van der Waals surface area (Å²) in [6.07, 6.45) is 2.00. The fourth-order valence-corrected chi connectivity index (χ4v) is 3.72. The number of nitrogens with one attached hydrogen (secondary N) is 2. The quantitative estimate of drug-likeness (QED) is 0.846. The number of hydrogen-bond acceptors (Lipinski definition) is 3. The largest absolute Gasteiger partial charge is 0.371 e. The van der Waals surface area contributed by atoms with Gasteiger partial charge in [0, 0.05) is 41.6 Å². The minimum absolute atomic E-state index is 0.0401. The van der Waals surface area contributed by atoms with Crippen LogP contribution < -0.4 is 15.5 Å². The zero-order chi connectivity index (χ0) is 19.0. The van der Waals surface area contributed by atoms with Crippen LogP contribution in [0.3, 0.4) is 0 Å². The molecule has 2 aliphatic rings. The molecule has 0 radical (unpaired) electrons. The maximum absolute atomic E-state index is 12.7. The van der Waals surface area contributed by atoms with Gasteiger partial charge in [0.2, 0.25) is 5.91 Å². The highest BCUT2D eigenvalue weighted by atomic mass is 16.2. The van der Waals surface area contributed by atoms with Crippen LogP contribution in [-0.4, -0.2) is 24.9 Å². The van der Waals surface area contributed by atoms with E-state index in [1.807, 2.05) is 18.2 Å². The third-order valence-corrected chi connectivity index (χ3v) is 5.56. The smallest absolute Gasteiger partial charge is 0.255 e. The third-order valence-electron chi connectivity index (χ3n) is 5.56. The van der Waals surface area contributed by atoms with E-state index in [1.165, 1.54) is 11.3 Å². The van der Waals surface area contributed by atoms with E-state index in [9.17, 15) is 9.59 Å². The molecule has 27 heavy (non-hydrogen) atoms. The monoisotopic (exact) mass is 363 g/mol. The molecule has 1 aliphatic heterocycles. The summed E-state index contributed by atoms with van der Waals surface area (Å²) >= 11 is 0. The molecule has 1 fully saturated rings. The molecule has 1 saturated carbocycles. The summed E-state index contributed by atoms with van der Waals surface area (Å²) in [5, 5.41) is 5.89. The van der Waals surface area contributed by atoms with Crippen molar-refractivity contribution in [3.8, 4) is 0 Å². The first kappa shape index (κ1) is 17.6. The van der Waals surface area contributed by atoms with Gasteiger partial charge in [-0.05, 0) is 61.6 Å². The normalized spacial score (nSPS) is 20.1. The van der Waals surface area contributed by atoms with Crippen molar-refractivity contribution in [1.29, 1.82) is 0 Å². The number of fused-ring (bicyclic) bond motifs is 1. The predicted molar refractivity (Wildman–Crippen MR) is 108 cm³/mol.